The number of rotatable bonds is 17. The topological polar surface area (TPSA) is 134 Å². The number of imide groups is 2. The van der Waals surface area contributed by atoms with Crippen LogP contribution in [0.4, 0.5) is 9.59 Å². The number of hydrogen-bond donors (Lipinski definition) is 0. The Morgan fingerprint density at radius 3 is 1.42 bits per heavy atom. The third-order valence-corrected chi connectivity index (χ3v) is 6.58. The fourth-order valence-electron chi connectivity index (χ4n) is 4.42. The van der Waals surface area contributed by atoms with E-state index in [1.807, 2.05) is 0 Å². The average molecular weight is 535 g/mol. The van der Waals surface area contributed by atoms with Gasteiger partial charge in [-0.1, -0.05) is 38.2 Å². The number of unbranched alkanes of at least 4 members (excludes halogenated alkanes) is 3. The van der Waals surface area contributed by atoms with E-state index in [9.17, 15) is 28.8 Å². The highest BCUT2D eigenvalue weighted by Gasteiger charge is 2.43. The van der Waals surface area contributed by atoms with Crippen molar-refractivity contribution in [2.45, 2.75) is 63.5 Å². The van der Waals surface area contributed by atoms with E-state index in [4.69, 9.17) is 9.47 Å². The molecule has 12 nitrogen and oxygen atoms in total. The maximum Gasteiger partial charge on any atom is 0.327 e. The third kappa shape index (κ3) is 7.90. The summed E-state index contributed by atoms with van der Waals surface area (Å²) in [6, 6.07) is -2.18. The Morgan fingerprint density at radius 1 is 0.711 bits per heavy atom. The first-order valence-electron chi connectivity index (χ1n) is 12.8. The van der Waals surface area contributed by atoms with Crippen molar-refractivity contribution < 1.29 is 38.2 Å². The second-order valence-corrected chi connectivity index (χ2v) is 9.23. The molecule has 2 rings (SSSR count). The standard InChI is InChI=1S/C26H38N4O8/c1-5-17-37-21(31)13-11-19-23(33)29(25(35)27(19)3)15-9-7-8-10-16-30-24(34)20(28(4)26(30)36)12-14-22(32)38-18-6-2/h5-6,19-20H,1-2,7-18H2,3-4H3. The van der Waals surface area contributed by atoms with Gasteiger partial charge in [0, 0.05) is 40.0 Å². The summed E-state index contributed by atoms with van der Waals surface area (Å²) in [6.45, 7) is 7.66. The van der Waals surface area contributed by atoms with Crippen LogP contribution in [0.2, 0.25) is 0 Å². The van der Waals surface area contributed by atoms with E-state index in [0.717, 1.165) is 0 Å². The Morgan fingerprint density at radius 2 is 1.08 bits per heavy atom. The van der Waals surface area contributed by atoms with E-state index < -0.39 is 36.1 Å². The van der Waals surface area contributed by atoms with Crippen LogP contribution < -0.4 is 0 Å². The molecular formula is C26H38N4O8. The van der Waals surface area contributed by atoms with Crippen molar-refractivity contribution in [1.82, 2.24) is 19.6 Å². The molecule has 0 aliphatic carbocycles. The van der Waals surface area contributed by atoms with Crippen LogP contribution in [-0.4, -0.2) is 108 Å². The lowest BCUT2D eigenvalue weighted by molar-refractivity contribution is -0.144. The lowest BCUT2D eigenvalue weighted by Crippen LogP contribution is -2.33. The van der Waals surface area contributed by atoms with Gasteiger partial charge in [-0.25, -0.2) is 9.59 Å². The van der Waals surface area contributed by atoms with Crippen molar-refractivity contribution in [3.8, 4) is 0 Å². The van der Waals surface area contributed by atoms with Gasteiger partial charge in [-0.15, -0.1) is 0 Å². The minimum Gasteiger partial charge on any atom is -0.461 e. The summed E-state index contributed by atoms with van der Waals surface area (Å²) in [6.07, 6.45) is 5.91. The number of nitrogens with zero attached hydrogens (tertiary/aromatic N) is 4. The fraction of sp³-hybridized carbons (Fsp3) is 0.615. The zero-order valence-electron chi connectivity index (χ0n) is 22.3. The van der Waals surface area contributed by atoms with Gasteiger partial charge in [-0.3, -0.25) is 29.0 Å². The SMILES string of the molecule is C=CCOC(=O)CCC1C(=O)N(CCCCCCN2C(=O)C(CCC(=O)OCC=C)N(C)C2=O)C(=O)N1C. The van der Waals surface area contributed by atoms with Crippen LogP contribution in [0.25, 0.3) is 0 Å². The molecule has 0 N–H and O–H groups in total. The Bertz CT molecular complexity index is 862. The lowest BCUT2D eigenvalue weighted by atomic mass is 10.1. The second-order valence-electron chi connectivity index (χ2n) is 9.23. The molecule has 0 spiro atoms. The summed E-state index contributed by atoms with van der Waals surface area (Å²) in [5, 5.41) is 0. The van der Waals surface area contributed by atoms with Gasteiger partial charge in [0.05, 0.1) is 0 Å². The van der Waals surface area contributed by atoms with Crippen molar-refractivity contribution in [2.75, 3.05) is 40.4 Å². The van der Waals surface area contributed by atoms with Crippen LogP contribution in [0.1, 0.15) is 51.4 Å². The van der Waals surface area contributed by atoms with E-state index in [2.05, 4.69) is 13.2 Å². The minimum atomic E-state index is -0.695. The normalized spacial score (nSPS) is 19.4. The van der Waals surface area contributed by atoms with Crippen LogP contribution in [-0.2, 0) is 28.7 Å². The monoisotopic (exact) mass is 534 g/mol. The molecule has 2 saturated heterocycles. The van der Waals surface area contributed by atoms with Crippen LogP contribution in [0.15, 0.2) is 25.3 Å². The molecule has 2 aliphatic rings. The average Bonchev–Trinajstić information content (AvgIpc) is 3.22. The number of carbonyl (C=O) groups excluding carboxylic acids is 6. The molecular weight excluding hydrogens is 496 g/mol. The van der Waals surface area contributed by atoms with E-state index in [1.54, 1.807) is 14.1 Å². The van der Waals surface area contributed by atoms with Crippen molar-refractivity contribution in [3.05, 3.63) is 25.3 Å². The molecule has 0 bridgehead atoms. The van der Waals surface area contributed by atoms with E-state index in [0.29, 0.717) is 25.7 Å². The molecule has 0 aromatic heterocycles. The smallest absolute Gasteiger partial charge is 0.327 e. The summed E-state index contributed by atoms with van der Waals surface area (Å²) < 4.78 is 9.84. The molecule has 2 heterocycles. The molecule has 0 aromatic carbocycles. The second kappa shape index (κ2) is 14.9. The summed E-state index contributed by atoms with van der Waals surface area (Å²) in [7, 11) is 3.08. The molecule has 0 radical (unpaired) electrons. The zero-order valence-corrected chi connectivity index (χ0v) is 22.3. The van der Waals surface area contributed by atoms with Crippen LogP contribution >= 0.6 is 0 Å². The van der Waals surface area contributed by atoms with Gasteiger partial charge in [0.2, 0.25) is 0 Å². The first-order valence-corrected chi connectivity index (χ1v) is 12.8. The molecule has 2 fully saturated rings. The molecule has 210 valence electrons. The summed E-state index contributed by atoms with van der Waals surface area (Å²) in [5.41, 5.74) is 0. The molecule has 2 aliphatic heterocycles. The maximum absolute atomic E-state index is 12.7. The van der Waals surface area contributed by atoms with Gasteiger partial charge >= 0.3 is 24.0 Å². The first kappa shape index (κ1) is 30.5. The van der Waals surface area contributed by atoms with Gasteiger partial charge in [0.25, 0.3) is 11.8 Å². The molecule has 2 unspecified atom stereocenters. The Balaban J connectivity index is 1.71. The number of ether oxygens (including phenoxy) is 2. The molecule has 0 saturated carbocycles. The van der Waals surface area contributed by atoms with Crippen molar-refractivity contribution >= 4 is 35.8 Å². The summed E-state index contributed by atoms with van der Waals surface area (Å²) in [5.74, 6) is -1.56. The fourth-order valence-corrected chi connectivity index (χ4v) is 4.42. The van der Waals surface area contributed by atoms with Crippen LogP contribution in [0.3, 0.4) is 0 Å². The first-order chi connectivity index (χ1) is 18.1. The predicted molar refractivity (Wildman–Crippen MR) is 137 cm³/mol. The third-order valence-electron chi connectivity index (χ3n) is 6.58. The number of urea groups is 2. The number of hydrogen-bond acceptors (Lipinski definition) is 8. The van der Waals surface area contributed by atoms with Gasteiger partial charge in [0.1, 0.15) is 25.3 Å². The largest absolute Gasteiger partial charge is 0.461 e. The van der Waals surface area contributed by atoms with Crippen LogP contribution in [0.5, 0.6) is 0 Å². The predicted octanol–water partition coefficient (Wildman–Crippen LogP) is 2.09. The molecule has 12 heteroatoms. The van der Waals surface area contributed by atoms with Gasteiger partial charge in [-0.2, -0.15) is 0 Å². The highest BCUT2D eigenvalue weighted by molar-refractivity contribution is 6.04. The summed E-state index contributed by atoms with van der Waals surface area (Å²) >= 11 is 0. The van der Waals surface area contributed by atoms with Gasteiger partial charge in [-0.05, 0) is 25.7 Å². The molecule has 6 amide bonds. The van der Waals surface area contributed by atoms with Crippen molar-refractivity contribution in [2.24, 2.45) is 0 Å². The number of carbonyl (C=O) groups is 6. The lowest BCUT2D eigenvalue weighted by Gasteiger charge is -2.15. The Hall–Kier alpha value is -3.70. The van der Waals surface area contributed by atoms with Gasteiger partial charge in [0.15, 0.2) is 0 Å². The number of esters is 2. The van der Waals surface area contributed by atoms with E-state index >= 15 is 0 Å². The van der Waals surface area contributed by atoms with E-state index in [1.165, 1.54) is 31.8 Å². The van der Waals surface area contributed by atoms with Crippen LogP contribution in [0, 0.1) is 0 Å². The van der Waals surface area contributed by atoms with Crippen molar-refractivity contribution in [1.29, 1.82) is 0 Å². The van der Waals surface area contributed by atoms with Gasteiger partial charge < -0.3 is 19.3 Å². The minimum absolute atomic E-state index is 0.0269. The highest BCUT2D eigenvalue weighted by atomic mass is 16.5. The van der Waals surface area contributed by atoms with Crippen molar-refractivity contribution in [3.63, 3.8) is 0 Å². The molecule has 38 heavy (non-hydrogen) atoms. The Kier molecular flexibility index (Phi) is 12.0. The highest BCUT2D eigenvalue weighted by Crippen LogP contribution is 2.22. The zero-order chi connectivity index (χ0) is 28.2. The maximum atomic E-state index is 12.7. The number of amides is 6. The molecule has 0 aromatic rings. The van der Waals surface area contributed by atoms with E-state index in [-0.39, 0.29) is 63.8 Å². The summed E-state index contributed by atoms with van der Waals surface area (Å²) in [4.78, 5) is 78.9. The quantitative estimate of drug-likeness (QED) is 0.120. The number of likely N-dealkylation sites (N-methyl/N-ethyl adjacent to an activating group) is 2. The Labute approximate surface area is 223 Å². The molecule has 2 atom stereocenters.